The molecule has 2 spiro atoms. The lowest BCUT2D eigenvalue weighted by Gasteiger charge is -2.59. The van der Waals surface area contributed by atoms with Crippen molar-refractivity contribution in [3.05, 3.63) is 0 Å². The van der Waals surface area contributed by atoms with Gasteiger partial charge in [-0.15, -0.1) is 0 Å². The van der Waals surface area contributed by atoms with E-state index in [4.69, 9.17) is 24.1 Å². The number of nitrogens with zero attached hydrogens (tertiary/aromatic N) is 1. The number of amides is 1. The van der Waals surface area contributed by atoms with E-state index in [-0.39, 0.29) is 35.9 Å². The van der Waals surface area contributed by atoms with E-state index in [1.54, 1.807) is 7.11 Å². The van der Waals surface area contributed by atoms with Crippen LogP contribution in [0.3, 0.4) is 0 Å². The van der Waals surface area contributed by atoms with Gasteiger partial charge in [0.1, 0.15) is 12.2 Å². The van der Waals surface area contributed by atoms with Gasteiger partial charge in [-0.1, -0.05) is 41.5 Å². The molecule has 8 heteroatoms. The van der Waals surface area contributed by atoms with Crippen LogP contribution >= 0.6 is 0 Å². The Morgan fingerprint density at radius 2 is 1.57 bits per heavy atom. The molecule has 7 aliphatic rings. The van der Waals surface area contributed by atoms with Gasteiger partial charge in [-0.3, -0.25) is 0 Å². The van der Waals surface area contributed by atoms with Crippen LogP contribution in [0.2, 0.25) is 0 Å². The lowest BCUT2D eigenvalue weighted by Crippen LogP contribution is -2.56. The first-order chi connectivity index (χ1) is 21.8. The molecule has 5 aliphatic carbocycles. The average molecular weight is 650 g/mol. The summed E-state index contributed by atoms with van der Waals surface area (Å²) in [6.07, 6.45) is 10.6. The molecule has 1 amide bonds. The second-order valence-corrected chi connectivity index (χ2v) is 16.9. The van der Waals surface area contributed by atoms with Crippen molar-refractivity contribution in [2.24, 2.45) is 51.2 Å². The zero-order chi connectivity index (χ0) is 33.9. The van der Waals surface area contributed by atoms with Crippen LogP contribution in [0.1, 0.15) is 113 Å². The number of methoxy groups -OCH3 is 1. The molecule has 46 heavy (non-hydrogen) atoms. The molecule has 0 radical (unpaired) electrons. The molecule has 5 unspecified atom stereocenters. The number of ether oxygens (including phenoxy) is 4. The Labute approximate surface area is 279 Å². The van der Waals surface area contributed by atoms with Gasteiger partial charge in [0.15, 0.2) is 0 Å². The van der Waals surface area contributed by atoms with Gasteiger partial charge in [0.05, 0.1) is 31.0 Å². The first kappa shape index (κ1) is 36.4. The minimum Gasteiger partial charge on any atom is -0.446 e. The third-order valence-corrected chi connectivity index (χ3v) is 15.0. The Morgan fingerprint density at radius 1 is 0.913 bits per heavy atom. The molecule has 12 atom stereocenters. The Bertz CT molecular complexity index is 1070. The Kier molecular flexibility index (Phi) is 10.3. The molecular formula is C38H67NO7. The maximum atomic E-state index is 13.1. The first-order valence-corrected chi connectivity index (χ1v) is 18.7. The van der Waals surface area contributed by atoms with Gasteiger partial charge >= 0.3 is 6.09 Å². The molecule has 7 fully saturated rings. The highest BCUT2D eigenvalue weighted by molar-refractivity contribution is 5.68. The van der Waals surface area contributed by atoms with Crippen molar-refractivity contribution >= 4 is 6.09 Å². The Balaban J connectivity index is 0.00000100. The lowest BCUT2D eigenvalue weighted by atomic mass is 9.46. The second-order valence-electron chi connectivity index (χ2n) is 16.9. The quantitative estimate of drug-likeness (QED) is 0.350. The van der Waals surface area contributed by atoms with E-state index in [2.05, 4.69) is 27.7 Å². The van der Waals surface area contributed by atoms with Crippen LogP contribution in [0.15, 0.2) is 0 Å². The van der Waals surface area contributed by atoms with Gasteiger partial charge in [-0.2, -0.15) is 0 Å². The summed E-state index contributed by atoms with van der Waals surface area (Å²) in [5.74, 6) is 3.45. The summed E-state index contributed by atoms with van der Waals surface area (Å²) in [7, 11) is 2.71. The van der Waals surface area contributed by atoms with Gasteiger partial charge in [-0.25, -0.2) is 4.79 Å². The highest BCUT2D eigenvalue weighted by Gasteiger charge is 2.85. The van der Waals surface area contributed by atoms with Crippen molar-refractivity contribution in [2.75, 3.05) is 40.5 Å². The number of carbonyl (C=O) groups excluding carboxylic acids is 1. The number of fused-ring (bicyclic) bond motifs is 4. The standard InChI is InChI=1S/C35H57NO6.C2H6.CH4O/c1-21-34-15-14-33(6)23-8-10-25(29(39-7)32(4,5)38)41-26(23)20-24(33)22(34)9-11-27-31(2,3)28(12-13-35(21,27)34)42-30(37)36-16-18-40-19-17-36;2*1-2/h21-29,38H,8-20H2,1-7H3;1-2H3;2H,1H3/t21-,22-,23?,24?,25+,26+,27?,28-,29-,33+,34?,35?;;/m0../s1. The van der Waals surface area contributed by atoms with Crippen LogP contribution in [-0.4, -0.2) is 91.7 Å². The molecule has 2 N–H and O–H groups in total. The van der Waals surface area contributed by atoms with Crippen LogP contribution in [0.25, 0.3) is 0 Å². The number of aliphatic hydroxyl groups is 2. The minimum atomic E-state index is -0.915. The van der Waals surface area contributed by atoms with E-state index in [0.717, 1.165) is 31.8 Å². The number of hydrogen-bond acceptors (Lipinski definition) is 7. The van der Waals surface area contributed by atoms with Crippen LogP contribution in [-0.2, 0) is 18.9 Å². The summed E-state index contributed by atoms with van der Waals surface area (Å²) < 4.78 is 24.5. The van der Waals surface area contributed by atoms with Crippen molar-refractivity contribution in [3.8, 4) is 0 Å². The molecule has 7 rings (SSSR count). The van der Waals surface area contributed by atoms with Gasteiger partial charge in [-0.05, 0) is 117 Å². The summed E-state index contributed by atoms with van der Waals surface area (Å²) in [5, 5.41) is 17.8. The molecule has 0 aromatic heterocycles. The highest BCUT2D eigenvalue weighted by Crippen LogP contribution is 2.89. The molecule has 0 aromatic rings. The predicted octanol–water partition coefficient (Wildman–Crippen LogP) is 6.70. The van der Waals surface area contributed by atoms with E-state index in [1.807, 2.05) is 32.6 Å². The SMILES string of the molecule is CC.CO.CO[C@@H]([C@H]1CCC2[C@@H](CC3[C@@H]4CCC5C(C)(C)[C@@H](OC(=O)N6CCOCC6)CCC56[C@@H](C)C46CC[C@]23C)O1)C(C)(C)O. The monoisotopic (exact) mass is 649 g/mol. The summed E-state index contributed by atoms with van der Waals surface area (Å²) in [6, 6.07) is 0. The summed E-state index contributed by atoms with van der Waals surface area (Å²) in [4.78, 5) is 15.0. The molecular weight excluding hydrogens is 582 g/mol. The van der Waals surface area contributed by atoms with Crippen molar-refractivity contribution < 1.29 is 34.0 Å². The molecule has 0 bridgehead atoms. The molecule has 2 aliphatic heterocycles. The molecule has 2 heterocycles. The predicted molar refractivity (Wildman–Crippen MR) is 179 cm³/mol. The number of aliphatic hydroxyl groups excluding tert-OH is 1. The van der Waals surface area contributed by atoms with Gasteiger partial charge in [0, 0.05) is 32.7 Å². The topological polar surface area (TPSA) is 97.7 Å². The van der Waals surface area contributed by atoms with Gasteiger partial charge in [0.25, 0.3) is 0 Å². The van der Waals surface area contributed by atoms with Crippen LogP contribution < -0.4 is 0 Å². The van der Waals surface area contributed by atoms with Crippen LogP contribution in [0, 0.1) is 51.2 Å². The average Bonchev–Trinajstić information content (AvgIpc) is 3.42. The third kappa shape index (κ3) is 5.20. The van der Waals surface area contributed by atoms with E-state index in [9.17, 15) is 9.90 Å². The second kappa shape index (κ2) is 13.1. The van der Waals surface area contributed by atoms with Gasteiger partial charge in [0.2, 0.25) is 0 Å². The number of carbonyl (C=O) groups is 1. The summed E-state index contributed by atoms with van der Waals surface area (Å²) in [5.41, 5.74) is 0.241. The summed E-state index contributed by atoms with van der Waals surface area (Å²) in [6.45, 7) is 20.2. The molecule has 0 aromatic carbocycles. The largest absolute Gasteiger partial charge is 0.446 e. The van der Waals surface area contributed by atoms with Gasteiger partial charge < -0.3 is 34.1 Å². The maximum Gasteiger partial charge on any atom is 0.410 e. The van der Waals surface area contributed by atoms with Crippen LogP contribution in [0.5, 0.6) is 0 Å². The first-order valence-electron chi connectivity index (χ1n) is 18.7. The number of rotatable bonds is 4. The van der Waals surface area contributed by atoms with Crippen molar-refractivity contribution in [3.63, 3.8) is 0 Å². The van der Waals surface area contributed by atoms with E-state index in [0.29, 0.717) is 60.3 Å². The van der Waals surface area contributed by atoms with Crippen molar-refractivity contribution in [1.82, 2.24) is 4.90 Å². The third-order valence-electron chi connectivity index (χ3n) is 15.0. The minimum absolute atomic E-state index is 0.0112. The highest BCUT2D eigenvalue weighted by atomic mass is 16.6. The maximum absolute atomic E-state index is 13.1. The lowest BCUT2D eigenvalue weighted by molar-refractivity contribution is -0.186. The fraction of sp³-hybridized carbons (Fsp3) is 0.974. The fourth-order valence-corrected chi connectivity index (χ4v) is 13.3. The Hall–Kier alpha value is -0.930. The normalized spacial score (nSPS) is 45.9. The smallest absolute Gasteiger partial charge is 0.410 e. The van der Waals surface area contributed by atoms with Crippen LogP contribution in [0.4, 0.5) is 4.79 Å². The van der Waals surface area contributed by atoms with E-state index in [1.165, 1.54) is 44.9 Å². The fourth-order valence-electron chi connectivity index (χ4n) is 13.3. The molecule has 266 valence electrons. The molecule has 5 saturated carbocycles. The zero-order valence-electron chi connectivity index (χ0n) is 30.8. The molecule has 8 nitrogen and oxygen atoms in total. The summed E-state index contributed by atoms with van der Waals surface area (Å²) >= 11 is 0. The van der Waals surface area contributed by atoms with Crippen molar-refractivity contribution in [2.45, 2.75) is 143 Å². The van der Waals surface area contributed by atoms with E-state index < -0.39 is 5.60 Å². The van der Waals surface area contributed by atoms with Crippen molar-refractivity contribution in [1.29, 1.82) is 0 Å². The van der Waals surface area contributed by atoms with E-state index >= 15 is 0 Å². The zero-order valence-corrected chi connectivity index (χ0v) is 30.8. The Morgan fingerprint density at radius 3 is 2.20 bits per heavy atom. The molecule has 2 saturated heterocycles. The number of hydrogen-bond donors (Lipinski definition) is 2. The number of morpholine rings is 1.